The second-order valence-corrected chi connectivity index (χ2v) is 4.51. The predicted octanol–water partition coefficient (Wildman–Crippen LogP) is 3.15. The van der Waals surface area contributed by atoms with Gasteiger partial charge in [-0.15, -0.1) is 0 Å². The molecule has 1 fully saturated rings. The Balaban J connectivity index is 2.29. The molecule has 0 radical (unpaired) electrons. The summed E-state index contributed by atoms with van der Waals surface area (Å²) in [5, 5.41) is 9.77. The largest absolute Gasteiger partial charge is 0.506 e. The number of rotatable bonds is 1. The van der Waals surface area contributed by atoms with E-state index in [4.69, 9.17) is 0 Å². The topological polar surface area (TPSA) is 23.5 Å². The van der Waals surface area contributed by atoms with Crippen LogP contribution >= 0.6 is 15.9 Å². The predicted molar refractivity (Wildman–Crippen MR) is 61.9 cm³/mol. The van der Waals surface area contributed by atoms with Gasteiger partial charge in [-0.25, -0.2) is 0 Å². The van der Waals surface area contributed by atoms with E-state index < -0.39 is 0 Å². The lowest BCUT2D eigenvalue weighted by Gasteiger charge is -2.30. The van der Waals surface area contributed by atoms with Crippen LogP contribution in [0.1, 0.15) is 19.3 Å². The minimum atomic E-state index is 0.376. The third-order valence-corrected chi connectivity index (χ3v) is 3.28. The molecule has 1 heterocycles. The van der Waals surface area contributed by atoms with Gasteiger partial charge < -0.3 is 10.0 Å². The average molecular weight is 256 g/mol. The van der Waals surface area contributed by atoms with Crippen LogP contribution in [0, 0.1) is 0 Å². The van der Waals surface area contributed by atoms with Crippen LogP contribution in [-0.2, 0) is 0 Å². The van der Waals surface area contributed by atoms with E-state index >= 15 is 0 Å². The fraction of sp³-hybridized carbons (Fsp3) is 0.455. The van der Waals surface area contributed by atoms with Crippen molar-refractivity contribution in [2.45, 2.75) is 19.3 Å². The summed E-state index contributed by atoms with van der Waals surface area (Å²) in [6.45, 7) is 2.10. The molecule has 0 saturated carbocycles. The van der Waals surface area contributed by atoms with Crippen molar-refractivity contribution in [2.75, 3.05) is 18.0 Å². The molecule has 2 nitrogen and oxygen atoms in total. The van der Waals surface area contributed by atoms with Crippen molar-refractivity contribution in [3.63, 3.8) is 0 Å². The fourth-order valence-corrected chi connectivity index (χ4v) is 2.54. The SMILES string of the molecule is Oc1cccc(Br)c1N1CCCCC1. The van der Waals surface area contributed by atoms with Crippen molar-refractivity contribution in [1.82, 2.24) is 0 Å². The Morgan fingerprint density at radius 1 is 1.14 bits per heavy atom. The summed E-state index contributed by atoms with van der Waals surface area (Å²) in [5.41, 5.74) is 0.951. The fourth-order valence-electron chi connectivity index (χ4n) is 1.93. The Labute approximate surface area is 92.7 Å². The van der Waals surface area contributed by atoms with E-state index in [9.17, 15) is 5.11 Å². The Hall–Kier alpha value is -0.700. The summed E-state index contributed by atoms with van der Waals surface area (Å²) in [7, 11) is 0. The number of piperidine rings is 1. The lowest BCUT2D eigenvalue weighted by molar-refractivity contribution is 0.469. The summed E-state index contributed by atoms with van der Waals surface area (Å²) in [6.07, 6.45) is 3.75. The summed E-state index contributed by atoms with van der Waals surface area (Å²) in [5.74, 6) is 0.376. The molecule has 0 amide bonds. The first kappa shape index (κ1) is 9.84. The van der Waals surface area contributed by atoms with Crippen LogP contribution in [0.5, 0.6) is 5.75 Å². The first-order chi connectivity index (χ1) is 6.79. The molecule has 1 aliphatic heterocycles. The highest BCUT2D eigenvalue weighted by Gasteiger charge is 2.16. The van der Waals surface area contributed by atoms with Gasteiger partial charge in [0.2, 0.25) is 0 Å². The molecule has 0 atom stereocenters. The molecule has 1 saturated heterocycles. The van der Waals surface area contributed by atoms with Crippen LogP contribution in [0.15, 0.2) is 22.7 Å². The van der Waals surface area contributed by atoms with Gasteiger partial charge >= 0.3 is 0 Å². The molecule has 1 aromatic carbocycles. The zero-order chi connectivity index (χ0) is 9.97. The smallest absolute Gasteiger partial charge is 0.140 e. The normalized spacial score (nSPS) is 17.1. The zero-order valence-electron chi connectivity index (χ0n) is 8.04. The number of hydrogen-bond acceptors (Lipinski definition) is 2. The molecule has 3 heteroatoms. The molecule has 1 aromatic rings. The molecule has 0 aliphatic carbocycles. The third-order valence-electron chi connectivity index (χ3n) is 2.64. The number of phenolic OH excluding ortho intramolecular Hbond substituents is 1. The van der Waals surface area contributed by atoms with Crippen molar-refractivity contribution in [2.24, 2.45) is 0 Å². The Bertz CT molecular complexity index is 301. The molecular formula is C11H14BrNO. The summed E-state index contributed by atoms with van der Waals surface area (Å²) in [4.78, 5) is 2.25. The number of benzene rings is 1. The van der Waals surface area contributed by atoms with Gasteiger partial charge in [0, 0.05) is 17.6 Å². The Morgan fingerprint density at radius 3 is 2.50 bits per heavy atom. The van der Waals surface area contributed by atoms with Gasteiger partial charge in [-0.05, 0) is 47.3 Å². The molecule has 0 bridgehead atoms. The van der Waals surface area contributed by atoms with Crippen LogP contribution in [0.25, 0.3) is 0 Å². The first-order valence-electron chi connectivity index (χ1n) is 5.01. The van der Waals surface area contributed by atoms with E-state index in [1.54, 1.807) is 6.07 Å². The monoisotopic (exact) mass is 255 g/mol. The zero-order valence-corrected chi connectivity index (χ0v) is 9.63. The minimum absolute atomic E-state index is 0.376. The highest BCUT2D eigenvalue weighted by Crippen LogP contribution is 2.36. The van der Waals surface area contributed by atoms with E-state index in [-0.39, 0.29) is 0 Å². The van der Waals surface area contributed by atoms with E-state index in [1.807, 2.05) is 12.1 Å². The number of anilines is 1. The van der Waals surface area contributed by atoms with Crippen molar-refractivity contribution >= 4 is 21.6 Å². The maximum Gasteiger partial charge on any atom is 0.140 e. The van der Waals surface area contributed by atoms with Gasteiger partial charge in [0.1, 0.15) is 5.75 Å². The van der Waals surface area contributed by atoms with Gasteiger partial charge in [-0.2, -0.15) is 0 Å². The van der Waals surface area contributed by atoms with Crippen molar-refractivity contribution in [3.8, 4) is 5.75 Å². The lowest BCUT2D eigenvalue weighted by Crippen LogP contribution is -2.29. The summed E-state index contributed by atoms with van der Waals surface area (Å²) in [6, 6.07) is 5.57. The summed E-state index contributed by atoms with van der Waals surface area (Å²) >= 11 is 3.48. The lowest BCUT2D eigenvalue weighted by atomic mass is 10.1. The van der Waals surface area contributed by atoms with E-state index in [2.05, 4.69) is 20.8 Å². The highest BCUT2D eigenvalue weighted by atomic mass is 79.9. The summed E-state index contributed by atoms with van der Waals surface area (Å²) < 4.78 is 0.986. The van der Waals surface area contributed by atoms with Crippen LogP contribution in [0.3, 0.4) is 0 Å². The quantitative estimate of drug-likeness (QED) is 0.834. The molecule has 1 N–H and O–H groups in total. The second kappa shape index (κ2) is 4.22. The number of hydrogen-bond donors (Lipinski definition) is 1. The number of aromatic hydroxyl groups is 1. The minimum Gasteiger partial charge on any atom is -0.506 e. The molecule has 1 aliphatic rings. The van der Waals surface area contributed by atoms with Gasteiger partial charge in [-0.3, -0.25) is 0 Å². The molecular weight excluding hydrogens is 242 g/mol. The molecule has 14 heavy (non-hydrogen) atoms. The van der Waals surface area contributed by atoms with Crippen molar-refractivity contribution < 1.29 is 5.11 Å². The second-order valence-electron chi connectivity index (χ2n) is 3.66. The van der Waals surface area contributed by atoms with Gasteiger partial charge in [0.25, 0.3) is 0 Å². The average Bonchev–Trinajstić information content (AvgIpc) is 2.19. The highest BCUT2D eigenvalue weighted by molar-refractivity contribution is 9.10. The maximum atomic E-state index is 9.77. The van der Waals surface area contributed by atoms with Crippen molar-refractivity contribution in [1.29, 1.82) is 0 Å². The number of phenols is 1. The Morgan fingerprint density at radius 2 is 1.86 bits per heavy atom. The third kappa shape index (κ3) is 1.87. The van der Waals surface area contributed by atoms with E-state index in [1.165, 1.54) is 19.3 Å². The Kier molecular flexibility index (Phi) is 2.96. The molecule has 0 aromatic heterocycles. The molecule has 76 valence electrons. The first-order valence-corrected chi connectivity index (χ1v) is 5.81. The van der Waals surface area contributed by atoms with Gasteiger partial charge in [0.15, 0.2) is 0 Å². The van der Waals surface area contributed by atoms with Crippen LogP contribution in [-0.4, -0.2) is 18.2 Å². The van der Waals surface area contributed by atoms with Crippen molar-refractivity contribution in [3.05, 3.63) is 22.7 Å². The number of nitrogens with zero attached hydrogens (tertiary/aromatic N) is 1. The number of para-hydroxylation sites is 1. The van der Waals surface area contributed by atoms with Crippen LogP contribution in [0.2, 0.25) is 0 Å². The molecule has 2 rings (SSSR count). The van der Waals surface area contributed by atoms with Crippen LogP contribution in [0.4, 0.5) is 5.69 Å². The van der Waals surface area contributed by atoms with Gasteiger partial charge in [-0.1, -0.05) is 6.07 Å². The van der Waals surface area contributed by atoms with E-state index in [0.717, 1.165) is 23.2 Å². The number of halogens is 1. The van der Waals surface area contributed by atoms with E-state index in [0.29, 0.717) is 5.75 Å². The van der Waals surface area contributed by atoms with Crippen LogP contribution < -0.4 is 4.90 Å². The molecule has 0 unspecified atom stereocenters. The molecule has 0 spiro atoms. The standard InChI is InChI=1S/C11H14BrNO/c12-9-5-4-6-10(14)11(9)13-7-2-1-3-8-13/h4-6,14H,1-3,7-8H2. The van der Waals surface area contributed by atoms with Gasteiger partial charge in [0.05, 0.1) is 5.69 Å². The maximum absolute atomic E-state index is 9.77.